The highest BCUT2D eigenvalue weighted by molar-refractivity contribution is 6.30. The fourth-order valence-corrected chi connectivity index (χ4v) is 3.61. The molecular formula is C17H23ClN2O. The van der Waals surface area contributed by atoms with E-state index in [2.05, 4.69) is 9.80 Å². The second-order valence-electron chi connectivity index (χ2n) is 6.18. The quantitative estimate of drug-likeness (QED) is 0.799. The molecule has 3 nitrogen and oxygen atoms in total. The van der Waals surface area contributed by atoms with Crippen molar-refractivity contribution >= 4 is 17.4 Å². The standard InChI is InChI=1S/C17H23ClN2O/c18-15-7-5-14(6-8-15)17(21)13-19-9-11-20(12-10-19)16-3-1-2-4-16/h5-8,16H,1-4,9-13H2. The molecule has 1 aromatic carbocycles. The normalized spacial score (nSPS) is 21.8. The van der Waals surface area contributed by atoms with Crippen molar-refractivity contribution in [3.05, 3.63) is 34.9 Å². The number of hydrogen-bond acceptors (Lipinski definition) is 3. The summed E-state index contributed by atoms with van der Waals surface area (Å²) in [7, 11) is 0. The maximum atomic E-state index is 12.3. The molecule has 0 spiro atoms. The van der Waals surface area contributed by atoms with Gasteiger partial charge in [0.15, 0.2) is 5.78 Å². The van der Waals surface area contributed by atoms with E-state index < -0.39 is 0 Å². The molecule has 0 unspecified atom stereocenters. The van der Waals surface area contributed by atoms with Gasteiger partial charge in [-0.15, -0.1) is 0 Å². The molecule has 4 heteroatoms. The van der Waals surface area contributed by atoms with Gasteiger partial charge < -0.3 is 0 Å². The number of piperazine rings is 1. The zero-order valence-corrected chi connectivity index (χ0v) is 13.2. The highest BCUT2D eigenvalue weighted by atomic mass is 35.5. The number of benzene rings is 1. The lowest BCUT2D eigenvalue weighted by molar-refractivity contribution is 0.0775. The summed E-state index contributed by atoms with van der Waals surface area (Å²) in [6, 6.07) is 8.01. The van der Waals surface area contributed by atoms with Crippen molar-refractivity contribution in [2.45, 2.75) is 31.7 Å². The minimum absolute atomic E-state index is 0.195. The molecule has 0 aromatic heterocycles. The highest BCUT2D eigenvalue weighted by Gasteiger charge is 2.26. The molecule has 1 saturated heterocycles. The van der Waals surface area contributed by atoms with Crippen LogP contribution in [0.15, 0.2) is 24.3 Å². The van der Waals surface area contributed by atoms with Crippen LogP contribution in [0.4, 0.5) is 0 Å². The topological polar surface area (TPSA) is 23.6 Å². The Labute approximate surface area is 131 Å². The van der Waals surface area contributed by atoms with Gasteiger partial charge in [-0.3, -0.25) is 14.6 Å². The Kier molecular flexibility index (Phi) is 4.94. The lowest BCUT2D eigenvalue weighted by atomic mass is 10.1. The number of halogens is 1. The predicted octanol–water partition coefficient (Wildman–Crippen LogP) is 3.08. The molecule has 1 saturated carbocycles. The van der Waals surface area contributed by atoms with Crippen LogP contribution in [-0.4, -0.2) is 54.3 Å². The summed E-state index contributed by atoms with van der Waals surface area (Å²) in [4.78, 5) is 17.2. The number of carbonyl (C=O) groups is 1. The molecule has 0 atom stereocenters. The third kappa shape index (κ3) is 3.85. The number of rotatable bonds is 4. The van der Waals surface area contributed by atoms with E-state index in [1.807, 2.05) is 12.1 Å². The number of nitrogens with zero attached hydrogens (tertiary/aromatic N) is 2. The average molecular weight is 307 g/mol. The van der Waals surface area contributed by atoms with Crippen molar-refractivity contribution in [2.24, 2.45) is 0 Å². The van der Waals surface area contributed by atoms with E-state index in [1.165, 1.54) is 25.7 Å². The molecule has 0 radical (unpaired) electrons. The monoisotopic (exact) mass is 306 g/mol. The highest BCUT2D eigenvalue weighted by Crippen LogP contribution is 2.24. The van der Waals surface area contributed by atoms with Crippen molar-refractivity contribution in [3.63, 3.8) is 0 Å². The molecule has 21 heavy (non-hydrogen) atoms. The van der Waals surface area contributed by atoms with Gasteiger partial charge in [0.1, 0.15) is 0 Å². The number of ketones is 1. The Balaban J connectivity index is 1.48. The van der Waals surface area contributed by atoms with Gasteiger partial charge in [0.2, 0.25) is 0 Å². The molecule has 1 aromatic rings. The van der Waals surface area contributed by atoms with Crippen molar-refractivity contribution < 1.29 is 4.79 Å². The Bertz CT molecular complexity index is 474. The van der Waals surface area contributed by atoms with Crippen molar-refractivity contribution in [3.8, 4) is 0 Å². The Morgan fingerprint density at radius 2 is 1.67 bits per heavy atom. The van der Waals surface area contributed by atoms with E-state index in [4.69, 9.17) is 11.6 Å². The van der Waals surface area contributed by atoms with Crippen LogP contribution < -0.4 is 0 Å². The van der Waals surface area contributed by atoms with Gasteiger partial charge in [-0.2, -0.15) is 0 Å². The number of carbonyl (C=O) groups excluding carboxylic acids is 1. The van der Waals surface area contributed by atoms with Crippen molar-refractivity contribution in [1.29, 1.82) is 0 Å². The Hall–Kier alpha value is -0.900. The third-order valence-electron chi connectivity index (χ3n) is 4.78. The second kappa shape index (κ2) is 6.91. The van der Waals surface area contributed by atoms with E-state index in [0.29, 0.717) is 11.6 Å². The fraction of sp³-hybridized carbons (Fsp3) is 0.588. The minimum Gasteiger partial charge on any atom is -0.298 e. The molecule has 2 aliphatic rings. The molecule has 2 fully saturated rings. The first-order valence-electron chi connectivity index (χ1n) is 7.97. The van der Waals surface area contributed by atoms with Crippen LogP contribution in [0.1, 0.15) is 36.0 Å². The smallest absolute Gasteiger partial charge is 0.176 e. The van der Waals surface area contributed by atoms with Gasteiger partial charge in [0.05, 0.1) is 6.54 Å². The average Bonchev–Trinajstić information content (AvgIpc) is 3.03. The first kappa shape index (κ1) is 15.0. The number of hydrogen-bond donors (Lipinski definition) is 0. The Morgan fingerprint density at radius 1 is 1.05 bits per heavy atom. The van der Waals surface area contributed by atoms with Crippen LogP contribution >= 0.6 is 11.6 Å². The summed E-state index contributed by atoms with van der Waals surface area (Å²) in [6.07, 6.45) is 5.51. The minimum atomic E-state index is 0.195. The van der Waals surface area contributed by atoms with Crippen LogP contribution in [0, 0.1) is 0 Å². The molecule has 1 heterocycles. The van der Waals surface area contributed by atoms with Gasteiger partial charge >= 0.3 is 0 Å². The number of Topliss-reactive ketones (excluding diaryl/α,β-unsaturated/α-hetero) is 1. The van der Waals surface area contributed by atoms with Gasteiger partial charge in [0, 0.05) is 42.8 Å². The van der Waals surface area contributed by atoms with Crippen LogP contribution in [0.25, 0.3) is 0 Å². The van der Waals surface area contributed by atoms with Crippen molar-refractivity contribution in [1.82, 2.24) is 9.80 Å². The fourth-order valence-electron chi connectivity index (χ4n) is 3.49. The third-order valence-corrected chi connectivity index (χ3v) is 5.03. The molecule has 0 amide bonds. The molecule has 0 N–H and O–H groups in total. The summed E-state index contributed by atoms with van der Waals surface area (Å²) < 4.78 is 0. The van der Waals surface area contributed by atoms with E-state index in [0.717, 1.165) is 37.8 Å². The maximum absolute atomic E-state index is 12.3. The second-order valence-corrected chi connectivity index (χ2v) is 6.62. The molecule has 0 bridgehead atoms. The lowest BCUT2D eigenvalue weighted by Crippen LogP contribution is -2.50. The zero-order chi connectivity index (χ0) is 14.7. The summed E-state index contributed by atoms with van der Waals surface area (Å²) in [5, 5.41) is 0.678. The summed E-state index contributed by atoms with van der Waals surface area (Å²) in [6.45, 7) is 4.77. The van der Waals surface area contributed by atoms with E-state index in [1.54, 1.807) is 12.1 Å². The lowest BCUT2D eigenvalue weighted by Gasteiger charge is -2.37. The first-order chi connectivity index (χ1) is 10.2. The van der Waals surface area contributed by atoms with Gasteiger partial charge in [-0.25, -0.2) is 0 Å². The maximum Gasteiger partial charge on any atom is 0.176 e. The van der Waals surface area contributed by atoms with Crippen LogP contribution in [0.5, 0.6) is 0 Å². The van der Waals surface area contributed by atoms with E-state index >= 15 is 0 Å². The predicted molar refractivity (Wildman–Crippen MR) is 86.1 cm³/mol. The largest absolute Gasteiger partial charge is 0.298 e. The molecular weight excluding hydrogens is 284 g/mol. The SMILES string of the molecule is O=C(CN1CCN(C2CCCC2)CC1)c1ccc(Cl)cc1. The molecule has 1 aliphatic heterocycles. The molecule has 1 aliphatic carbocycles. The zero-order valence-electron chi connectivity index (χ0n) is 12.4. The van der Waals surface area contributed by atoms with Gasteiger partial charge in [-0.1, -0.05) is 24.4 Å². The van der Waals surface area contributed by atoms with Crippen LogP contribution in [-0.2, 0) is 0 Å². The van der Waals surface area contributed by atoms with Crippen molar-refractivity contribution in [2.75, 3.05) is 32.7 Å². The van der Waals surface area contributed by atoms with Crippen LogP contribution in [0.2, 0.25) is 5.02 Å². The van der Waals surface area contributed by atoms with Gasteiger partial charge in [0.25, 0.3) is 0 Å². The summed E-state index contributed by atoms with van der Waals surface area (Å²) in [5.41, 5.74) is 0.762. The molecule has 3 rings (SSSR count). The summed E-state index contributed by atoms with van der Waals surface area (Å²) >= 11 is 5.86. The van der Waals surface area contributed by atoms with Crippen LogP contribution in [0.3, 0.4) is 0 Å². The first-order valence-corrected chi connectivity index (χ1v) is 8.35. The Morgan fingerprint density at radius 3 is 2.29 bits per heavy atom. The molecule has 114 valence electrons. The van der Waals surface area contributed by atoms with E-state index in [-0.39, 0.29) is 5.78 Å². The van der Waals surface area contributed by atoms with E-state index in [9.17, 15) is 4.79 Å². The van der Waals surface area contributed by atoms with Gasteiger partial charge in [-0.05, 0) is 37.1 Å². The summed E-state index contributed by atoms with van der Waals surface area (Å²) in [5.74, 6) is 0.195.